The third kappa shape index (κ3) is 9.30. The number of amides is 3. The Morgan fingerprint density at radius 1 is 0.766 bits per heavy atom. The van der Waals surface area contributed by atoms with Gasteiger partial charge in [0.05, 0.1) is 50.1 Å². The maximum absolute atomic E-state index is 14.1. The number of carbonyl (C=O) groups excluding carboxylic acids is 3. The number of hydrogen-bond acceptors (Lipinski definition) is 9. The van der Waals surface area contributed by atoms with Crippen LogP contribution < -0.4 is 10.6 Å². The van der Waals surface area contributed by atoms with E-state index in [0.29, 0.717) is 25.3 Å². The van der Waals surface area contributed by atoms with E-state index in [4.69, 9.17) is 19.4 Å². The first kappa shape index (κ1) is 44.3. The minimum absolute atomic E-state index is 0.0452. The number of nitrogens with two attached hydrogens (primary N) is 1. The summed E-state index contributed by atoms with van der Waals surface area (Å²) < 4.78 is 9.73. The minimum Gasteiger partial charge on any atom is -0.453 e. The highest BCUT2D eigenvalue weighted by molar-refractivity contribution is 5.91. The highest BCUT2D eigenvalue weighted by Crippen LogP contribution is 2.41. The van der Waals surface area contributed by atoms with Crippen LogP contribution in [0.15, 0.2) is 103 Å². The number of carbonyl (C=O) groups is 3. The van der Waals surface area contributed by atoms with Gasteiger partial charge in [0.25, 0.3) is 0 Å². The van der Waals surface area contributed by atoms with Crippen LogP contribution >= 0.6 is 0 Å². The van der Waals surface area contributed by atoms with E-state index in [2.05, 4.69) is 88.1 Å². The number of H-pyrrole nitrogens is 2. The Labute approximate surface area is 373 Å². The van der Waals surface area contributed by atoms with Gasteiger partial charge in [0.1, 0.15) is 23.7 Å². The third-order valence-electron chi connectivity index (χ3n) is 13.0. The molecule has 4 heterocycles. The zero-order valence-electron chi connectivity index (χ0n) is 37.3. The van der Waals surface area contributed by atoms with Crippen LogP contribution in [0.25, 0.3) is 44.4 Å². The molecule has 14 heteroatoms. The summed E-state index contributed by atoms with van der Waals surface area (Å²) in [4.78, 5) is 59.1. The number of aromatic amines is 2. The molecule has 6 N–H and O–H groups in total. The molecule has 0 aliphatic carbocycles. The first-order chi connectivity index (χ1) is 30.9. The highest BCUT2D eigenvalue weighted by Gasteiger charge is 2.43. The Kier molecular flexibility index (Phi) is 13.3. The number of imidazole rings is 2. The summed E-state index contributed by atoms with van der Waals surface area (Å²) in [5.74, 6) is 1.35. The molecule has 334 valence electrons. The molecule has 0 spiro atoms. The number of hydrogen-bond donors (Lipinski definition) is 5. The molecule has 2 aromatic heterocycles. The summed E-state index contributed by atoms with van der Waals surface area (Å²) in [6.45, 7) is 9.04. The summed E-state index contributed by atoms with van der Waals surface area (Å²) in [6.07, 6.45) is 4.24. The molecule has 0 radical (unpaired) electrons. The number of alkyl carbamates (subject to hydrolysis) is 1. The van der Waals surface area contributed by atoms with Crippen molar-refractivity contribution in [3.05, 3.63) is 121 Å². The number of likely N-dealkylation sites (tertiary alicyclic amines) is 2. The number of nitrogens with zero attached hydrogens (tertiary/aromatic N) is 4. The molecule has 2 aliphatic heterocycles. The molecule has 3 amide bonds. The summed E-state index contributed by atoms with van der Waals surface area (Å²) in [7, 11) is 2.65. The van der Waals surface area contributed by atoms with Crippen molar-refractivity contribution in [2.45, 2.75) is 83.3 Å². The van der Waals surface area contributed by atoms with Crippen molar-refractivity contribution in [3.8, 4) is 33.6 Å². The predicted octanol–water partition coefficient (Wildman–Crippen LogP) is 7.53. The number of nitrogens with one attached hydrogen (secondary N) is 3. The lowest BCUT2D eigenvalue weighted by Gasteiger charge is -2.33. The average Bonchev–Trinajstić information content (AvgIpc) is 4.16. The average molecular weight is 868 g/mol. The predicted molar refractivity (Wildman–Crippen MR) is 245 cm³/mol. The van der Waals surface area contributed by atoms with Gasteiger partial charge in [-0.2, -0.15) is 4.79 Å². The van der Waals surface area contributed by atoms with Crippen molar-refractivity contribution >= 4 is 28.9 Å². The van der Waals surface area contributed by atoms with Gasteiger partial charge in [0.2, 0.25) is 5.91 Å². The van der Waals surface area contributed by atoms with Gasteiger partial charge < -0.3 is 34.8 Å². The zero-order chi connectivity index (χ0) is 45.1. The summed E-state index contributed by atoms with van der Waals surface area (Å²) in [5.41, 5.74) is 7.08. The van der Waals surface area contributed by atoms with Crippen molar-refractivity contribution in [3.63, 3.8) is 0 Å². The molecule has 0 saturated carbocycles. The second-order valence-corrected chi connectivity index (χ2v) is 17.7. The molecule has 6 aromatic rings. The minimum atomic E-state index is -0.840. The Balaban J connectivity index is 0.967. The van der Waals surface area contributed by atoms with E-state index in [0.717, 1.165) is 68.6 Å². The molecule has 14 nitrogen and oxygen atoms in total. The molecule has 0 bridgehead atoms. The van der Waals surface area contributed by atoms with E-state index in [1.54, 1.807) is 0 Å². The van der Waals surface area contributed by atoms with Crippen LogP contribution in [0, 0.1) is 11.8 Å². The van der Waals surface area contributed by atoms with Crippen LogP contribution in [0.3, 0.4) is 0 Å². The second-order valence-electron chi connectivity index (χ2n) is 17.7. The van der Waals surface area contributed by atoms with E-state index >= 15 is 0 Å². The van der Waals surface area contributed by atoms with E-state index in [1.807, 2.05) is 68.1 Å². The number of aromatic nitrogens is 4. The van der Waals surface area contributed by atoms with Gasteiger partial charge in [-0.1, -0.05) is 107 Å². The zero-order valence-corrected chi connectivity index (χ0v) is 37.3. The van der Waals surface area contributed by atoms with Gasteiger partial charge in [0.15, 0.2) is 6.23 Å². The van der Waals surface area contributed by atoms with E-state index < -0.39 is 24.5 Å². The quantitative estimate of drug-likeness (QED) is 0.0784. The number of methoxy groups -OCH3 is 2. The van der Waals surface area contributed by atoms with Crippen LogP contribution in [0.1, 0.15) is 82.2 Å². The van der Waals surface area contributed by atoms with Crippen molar-refractivity contribution in [1.29, 1.82) is 0 Å². The Morgan fingerprint density at radius 2 is 1.38 bits per heavy atom. The number of aliphatic hydroxyl groups is 1. The number of rotatable bonds is 13. The van der Waals surface area contributed by atoms with Crippen molar-refractivity contribution < 1.29 is 34.3 Å². The number of fused-ring (bicyclic) bond motifs is 1. The molecule has 2 saturated heterocycles. The monoisotopic (exact) mass is 867 g/mol. The number of aliphatic hydroxyl groups excluding tert-OH is 1. The maximum atomic E-state index is 14.1. The lowest BCUT2D eigenvalue weighted by molar-refractivity contribution is -0.629. The molecular weight excluding hydrogens is 809 g/mol. The van der Waals surface area contributed by atoms with Gasteiger partial charge in [-0.25, -0.2) is 20.1 Å². The molecule has 2 fully saturated rings. The van der Waals surface area contributed by atoms with Crippen molar-refractivity contribution in [1.82, 2.24) is 35.1 Å². The number of benzene rings is 4. The van der Waals surface area contributed by atoms with E-state index in [-0.39, 0.29) is 41.8 Å². The van der Waals surface area contributed by atoms with Gasteiger partial charge in [-0.05, 0) is 70.3 Å². The summed E-state index contributed by atoms with van der Waals surface area (Å²) >= 11 is 0. The normalized spacial score (nSPS) is 19.3. The SMILES string of the molecule is COC(=O)NC(C(=O)N1CC(c2ccccc2)CC1c1ncc(-c2ccc(-c3ccc4cc(-c5cnc(C6CCCN6C(O)C([NH2+]C(=O)OC)C(C)C)[nH]5)ccc4c3)cc2)[nH]1)C(C)C. The molecule has 6 unspecified atom stereocenters. The molecule has 4 aromatic carbocycles. The third-order valence-corrected chi connectivity index (χ3v) is 13.0. The molecule has 2 aliphatic rings. The molecular formula is C50H59N8O6+. The molecule has 6 atom stereocenters. The second kappa shape index (κ2) is 19.2. The summed E-state index contributed by atoms with van der Waals surface area (Å²) in [6, 6.07) is 30.0. The maximum Gasteiger partial charge on any atom is 0.512 e. The number of primary amides is 1. The fraction of sp³-hybridized carbons (Fsp3) is 0.380. The van der Waals surface area contributed by atoms with Gasteiger partial charge in [0, 0.05) is 30.5 Å². The molecule has 8 rings (SSSR count). The number of quaternary nitrogens is 1. The molecule has 64 heavy (non-hydrogen) atoms. The first-order valence-electron chi connectivity index (χ1n) is 22.2. The van der Waals surface area contributed by atoms with E-state index in [9.17, 15) is 19.5 Å². The standard InChI is InChI=1S/C50H58N8O6/c1-29(2)43(55-49(61)63-5)47(59)57-22-10-13-41(57)45-51-27-40(54-45)37-21-20-35-23-34(18-19-36(35)24-37)32-14-16-33(17-15-32)39-26-52-46(53-39)42-25-38(31-11-8-7-9-12-31)28-58(42)48(60)44(30(3)4)56-50(62)64-6/h7-9,11-12,14-21,23-24,26-27,29-30,38,41-44,47,59H,10,13,22,25,28H2,1-6H3,(H,51,54)(H,52,53)(H,55,61)(H,56,62)/p+1. The Morgan fingerprint density at radius 3 is 2.02 bits per heavy atom. The van der Waals surface area contributed by atoms with Crippen LogP contribution in [0.4, 0.5) is 9.59 Å². The van der Waals surface area contributed by atoms with Gasteiger partial charge in [-0.15, -0.1) is 0 Å². The fourth-order valence-electron chi connectivity index (χ4n) is 9.39. The topological polar surface area (TPSA) is 182 Å². The lowest BCUT2D eigenvalue weighted by atomic mass is 9.96. The van der Waals surface area contributed by atoms with Crippen molar-refractivity contribution in [2.75, 3.05) is 27.3 Å². The Bertz CT molecular complexity index is 2570. The lowest BCUT2D eigenvalue weighted by Crippen LogP contribution is -2.97. The van der Waals surface area contributed by atoms with E-state index in [1.165, 1.54) is 19.5 Å². The summed E-state index contributed by atoms with van der Waals surface area (Å²) in [5, 5.41) is 17.9. The fourth-order valence-corrected chi connectivity index (χ4v) is 9.39. The Hall–Kier alpha value is -6.35. The first-order valence-corrected chi connectivity index (χ1v) is 22.2. The van der Waals surface area contributed by atoms with Gasteiger partial charge in [-0.3, -0.25) is 9.69 Å². The van der Waals surface area contributed by atoms with Crippen molar-refractivity contribution in [2.24, 2.45) is 11.8 Å². The highest BCUT2D eigenvalue weighted by atomic mass is 16.5. The number of ether oxygens (including phenoxy) is 2. The van der Waals surface area contributed by atoms with Gasteiger partial charge >= 0.3 is 12.2 Å². The van der Waals surface area contributed by atoms with Crippen LogP contribution in [-0.4, -0.2) is 98.6 Å². The van der Waals surface area contributed by atoms with Crippen LogP contribution in [0.2, 0.25) is 0 Å². The van der Waals surface area contributed by atoms with Crippen LogP contribution in [-0.2, 0) is 14.3 Å². The largest absolute Gasteiger partial charge is 0.512 e. The van der Waals surface area contributed by atoms with Crippen LogP contribution in [0.5, 0.6) is 0 Å². The smallest absolute Gasteiger partial charge is 0.453 e.